The lowest BCUT2D eigenvalue weighted by atomic mass is 9.85. The van der Waals surface area contributed by atoms with Crippen LogP contribution in [0.4, 0.5) is 5.69 Å². The maximum Gasteiger partial charge on any atom is 0.231 e. The SMILES string of the molecule is Cl.Cn1cnnc1-c1cccc(NC(=O)C2(CN)CCCC2)c1. The van der Waals surface area contributed by atoms with Gasteiger partial charge in [-0.3, -0.25) is 4.79 Å². The van der Waals surface area contributed by atoms with Gasteiger partial charge in [0.2, 0.25) is 5.91 Å². The number of nitrogens with one attached hydrogen (secondary N) is 1. The van der Waals surface area contributed by atoms with Crippen molar-refractivity contribution >= 4 is 24.0 Å². The molecule has 1 heterocycles. The number of carbonyl (C=O) groups excluding carboxylic acids is 1. The van der Waals surface area contributed by atoms with Gasteiger partial charge in [0, 0.05) is 24.8 Å². The van der Waals surface area contributed by atoms with Crippen LogP contribution in [0.15, 0.2) is 30.6 Å². The topological polar surface area (TPSA) is 85.8 Å². The number of halogens is 1. The van der Waals surface area contributed by atoms with E-state index in [2.05, 4.69) is 15.5 Å². The fourth-order valence-electron chi connectivity index (χ4n) is 3.12. The van der Waals surface area contributed by atoms with Crippen LogP contribution in [0.1, 0.15) is 25.7 Å². The Hall–Kier alpha value is -1.92. The average molecular weight is 336 g/mol. The van der Waals surface area contributed by atoms with Crippen LogP contribution < -0.4 is 11.1 Å². The lowest BCUT2D eigenvalue weighted by Gasteiger charge is -2.25. The van der Waals surface area contributed by atoms with Crippen molar-refractivity contribution in [3.05, 3.63) is 30.6 Å². The van der Waals surface area contributed by atoms with Gasteiger partial charge in [0.25, 0.3) is 0 Å². The van der Waals surface area contributed by atoms with Crippen molar-refractivity contribution in [2.75, 3.05) is 11.9 Å². The van der Waals surface area contributed by atoms with Crippen LogP contribution in [-0.4, -0.2) is 27.2 Å². The van der Waals surface area contributed by atoms with Gasteiger partial charge in [-0.2, -0.15) is 0 Å². The highest BCUT2D eigenvalue weighted by Gasteiger charge is 2.39. The molecule has 1 aliphatic carbocycles. The van der Waals surface area contributed by atoms with Crippen molar-refractivity contribution < 1.29 is 4.79 Å². The Balaban J connectivity index is 0.00000192. The Labute approximate surface area is 141 Å². The van der Waals surface area contributed by atoms with Gasteiger partial charge in [0.05, 0.1) is 5.41 Å². The summed E-state index contributed by atoms with van der Waals surface area (Å²) in [6.07, 6.45) is 5.55. The summed E-state index contributed by atoms with van der Waals surface area (Å²) in [5.74, 6) is 0.799. The fourth-order valence-corrected chi connectivity index (χ4v) is 3.12. The number of aromatic nitrogens is 3. The average Bonchev–Trinajstić information content (AvgIpc) is 3.17. The number of hydrogen-bond donors (Lipinski definition) is 2. The number of benzene rings is 1. The first-order chi connectivity index (χ1) is 10.6. The molecule has 0 spiro atoms. The number of amides is 1. The van der Waals surface area contributed by atoms with Crippen molar-refractivity contribution in [1.82, 2.24) is 14.8 Å². The van der Waals surface area contributed by atoms with Crippen LogP contribution >= 0.6 is 12.4 Å². The van der Waals surface area contributed by atoms with Crippen molar-refractivity contribution in [3.63, 3.8) is 0 Å². The molecule has 1 fully saturated rings. The van der Waals surface area contributed by atoms with Gasteiger partial charge in [-0.05, 0) is 25.0 Å². The molecule has 3 rings (SSSR count). The largest absolute Gasteiger partial charge is 0.329 e. The lowest BCUT2D eigenvalue weighted by molar-refractivity contribution is -0.124. The van der Waals surface area contributed by atoms with E-state index in [0.717, 1.165) is 42.8 Å². The third-order valence-corrected chi connectivity index (χ3v) is 4.52. The summed E-state index contributed by atoms with van der Waals surface area (Å²) in [5.41, 5.74) is 7.16. The molecule has 0 bridgehead atoms. The number of nitrogens with two attached hydrogens (primary N) is 1. The number of carbonyl (C=O) groups is 1. The van der Waals surface area contributed by atoms with Crippen LogP contribution in [0.2, 0.25) is 0 Å². The molecule has 124 valence electrons. The number of hydrogen-bond acceptors (Lipinski definition) is 4. The van der Waals surface area contributed by atoms with E-state index in [0.29, 0.717) is 6.54 Å². The van der Waals surface area contributed by atoms with E-state index in [4.69, 9.17) is 5.73 Å². The van der Waals surface area contributed by atoms with Gasteiger partial charge in [0.1, 0.15) is 6.33 Å². The molecular weight excluding hydrogens is 314 g/mol. The second-order valence-corrected chi connectivity index (χ2v) is 5.99. The zero-order valence-electron chi connectivity index (χ0n) is 13.2. The minimum atomic E-state index is -0.402. The molecule has 3 N–H and O–H groups in total. The van der Waals surface area contributed by atoms with E-state index in [1.807, 2.05) is 35.9 Å². The third kappa shape index (κ3) is 3.38. The van der Waals surface area contributed by atoms with Crippen LogP contribution in [0, 0.1) is 5.41 Å². The summed E-state index contributed by atoms with van der Waals surface area (Å²) in [4.78, 5) is 12.6. The van der Waals surface area contributed by atoms with Crippen LogP contribution in [0.3, 0.4) is 0 Å². The Morgan fingerprint density at radius 2 is 2.13 bits per heavy atom. The highest BCUT2D eigenvalue weighted by molar-refractivity contribution is 5.96. The standard InChI is InChI=1S/C16H21N5O.ClH/c1-21-11-18-20-14(21)12-5-4-6-13(9-12)19-15(22)16(10-17)7-2-3-8-16;/h4-6,9,11H,2-3,7-8,10,17H2,1H3,(H,19,22);1H. The molecule has 0 unspecified atom stereocenters. The first-order valence-corrected chi connectivity index (χ1v) is 7.61. The quantitative estimate of drug-likeness (QED) is 0.898. The summed E-state index contributed by atoms with van der Waals surface area (Å²) in [6.45, 7) is 0.405. The molecule has 0 aliphatic heterocycles. The molecule has 1 aliphatic rings. The van der Waals surface area contributed by atoms with Crippen molar-refractivity contribution in [2.24, 2.45) is 18.2 Å². The summed E-state index contributed by atoms with van der Waals surface area (Å²) in [6, 6.07) is 7.66. The van der Waals surface area contributed by atoms with E-state index in [1.54, 1.807) is 6.33 Å². The molecule has 6 nitrogen and oxygen atoms in total. The Morgan fingerprint density at radius 1 is 1.39 bits per heavy atom. The highest BCUT2D eigenvalue weighted by Crippen LogP contribution is 2.38. The Kier molecular flexibility index (Phi) is 5.38. The fraction of sp³-hybridized carbons (Fsp3) is 0.438. The molecule has 0 atom stereocenters. The van der Waals surface area contributed by atoms with Gasteiger partial charge in [0.15, 0.2) is 5.82 Å². The van der Waals surface area contributed by atoms with E-state index >= 15 is 0 Å². The number of rotatable bonds is 4. The molecule has 1 aromatic carbocycles. The number of nitrogens with zero attached hydrogens (tertiary/aromatic N) is 3. The molecule has 2 aromatic rings. The predicted molar refractivity (Wildman–Crippen MR) is 92.3 cm³/mol. The number of anilines is 1. The van der Waals surface area contributed by atoms with Gasteiger partial charge >= 0.3 is 0 Å². The first-order valence-electron chi connectivity index (χ1n) is 7.61. The van der Waals surface area contributed by atoms with Crippen molar-refractivity contribution in [3.8, 4) is 11.4 Å². The normalized spacial score (nSPS) is 15.9. The van der Waals surface area contributed by atoms with E-state index in [-0.39, 0.29) is 18.3 Å². The Morgan fingerprint density at radius 3 is 2.74 bits per heavy atom. The Bertz CT molecular complexity index is 679. The highest BCUT2D eigenvalue weighted by atomic mass is 35.5. The molecule has 1 saturated carbocycles. The minimum Gasteiger partial charge on any atom is -0.329 e. The summed E-state index contributed by atoms with van der Waals surface area (Å²) >= 11 is 0. The van der Waals surface area contributed by atoms with Crippen LogP contribution in [-0.2, 0) is 11.8 Å². The maximum atomic E-state index is 12.6. The van der Waals surface area contributed by atoms with Gasteiger partial charge in [-0.15, -0.1) is 22.6 Å². The summed E-state index contributed by atoms with van der Waals surface area (Å²) in [7, 11) is 1.89. The van der Waals surface area contributed by atoms with E-state index in [9.17, 15) is 4.79 Å². The lowest BCUT2D eigenvalue weighted by Crippen LogP contribution is -2.40. The number of aryl methyl sites for hydroxylation is 1. The van der Waals surface area contributed by atoms with Crippen molar-refractivity contribution in [2.45, 2.75) is 25.7 Å². The molecule has 0 saturated heterocycles. The van der Waals surface area contributed by atoms with E-state index in [1.165, 1.54) is 0 Å². The zero-order valence-corrected chi connectivity index (χ0v) is 14.0. The zero-order chi connectivity index (χ0) is 15.6. The molecule has 1 amide bonds. The van der Waals surface area contributed by atoms with E-state index < -0.39 is 5.41 Å². The smallest absolute Gasteiger partial charge is 0.231 e. The van der Waals surface area contributed by atoms with Gasteiger partial charge in [-0.1, -0.05) is 25.0 Å². The second kappa shape index (κ2) is 7.10. The summed E-state index contributed by atoms with van der Waals surface area (Å²) in [5, 5.41) is 11.0. The van der Waals surface area contributed by atoms with Crippen molar-refractivity contribution in [1.29, 1.82) is 0 Å². The van der Waals surface area contributed by atoms with Crippen LogP contribution in [0.25, 0.3) is 11.4 Å². The molecule has 7 heteroatoms. The summed E-state index contributed by atoms with van der Waals surface area (Å²) < 4.78 is 1.85. The third-order valence-electron chi connectivity index (χ3n) is 4.52. The van der Waals surface area contributed by atoms with Crippen LogP contribution in [0.5, 0.6) is 0 Å². The predicted octanol–water partition coefficient (Wildman–Crippen LogP) is 2.36. The van der Waals surface area contributed by atoms with Gasteiger partial charge < -0.3 is 15.6 Å². The second-order valence-electron chi connectivity index (χ2n) is 5.99. The monoisotopic (exact) mass is 335 g/mol. The maximum absolute atomic E-state index is 12.6. The minimum absolute atomic E-state index is 0. The molecule has 23 heavy (non-hydrogen) atoms. The van der Waals surface area contributed by atoms with Gasteiger partial charge in [-0.25, -0.2) is 0 Å². The molecule has 1 aromatic heterocycles. The first kappa shape index (κ1) is 17.4. The molecular formula is C16H22ClN5O. The molecule has 0 radical (unpaired) electrons.